The molecule has 0 fully saturated rings. The van der Waals surface area contributed by atoms with Crippen molar-refractivity contribution in [3.8, 4) is 5.69 Å². The Morgan fingerprint density at radius 2 is 2.04 bits per heavy atom. The Morgan fingerprint density at radius 3 is 2.72 bits per heavy atom. The second kappa shape index (κ2) is 7.51. The van der Waals surface area contributed by atoms with E-state index in [1.807, 2.05) is 41.9 Å². The van der Waals surface area contributed by atoms with Gasteiger partial charge < -0.3 is 10.4 Å². The van der Waals surface area contributed by atoms with E-state index in [2.05, 4.69) is 10.4 Å². The Labute approximate surface area is 146 Å². The van der Waals surface area contributed by atoms with Crippen LogP contribution >= 0.6 is 0 Å². The number of rotatable bonds is 7. The van der Waals surface area contributed by atoms with E-state index in [-0.39, 0.29) is 0 Å². The smallest absolute Gasteiger partial charge is 0.326 e. The van der Waals surface area contributed by atoms with Crippen molar-refractivity contribution in [3.05, 3.63) is 47.3 Å². The van der Waals surface area contributed by atoms with Crippen molar-refractivity contribution < 1.29 is 14.7 Å². The molecule has 1 heterocycles. The van der Waals surface area contributed by atoms with Gasteiger partial charge in [-0.05, 0) is 37.8 Å². The Hall–Kier alpha value is -2.63. The number of hydrogen-bond donors (Lipinski definition) is 2. The number of carboxylic acid groups (broad SMARTS) is 1. The second-order valence-corrected chi connectivity index (χ2v) is 6.38. The maximum absolute atomic E-state index is 12.7. The van der Waals surface area contributed by atoms with Gasteiger partial charge >= 0.3 is 5.97 Å². The highest BCUT2D eigenvalue weighted by Gasteiger charge is 2.29. The average Bonchev–Trinajstić information content (AvgIpc) is 3.21. The van der Waals surface area contributed by atoms with Crippen LogP contribution in [0.4, 0.5) is 0 Å². The minimum Gasteiger partial charge on any atom is -0.480 e. The summed E-state index contributed by atoms with van der Waals surface area (Å²) in [6, 6.07) is 8.84. The van der Waals surface area contributed by atoms with E-state index in [1.54, 1.807) is 0 Å². The van der Waals surface area contributed by atoms with Crippen molar-refractivity contribution in [2.45, 2.75) is 51.5 Å². The molecule has 0 bridgehead atoms. The van der Waals surface area contributed by atoms with Gasteiger partial charge in [0.05, 0.1) is 5.69 Å². The van der Waals surface area contributed by atoms with Gasteiger partial charge in [-0.15, -0.1) is 0 Å². The number of fused-ring (bicyclic) bond motifs is 1. The Kier molecular flexibility index (Phi) is 5.16. The van der Waals surface area contributed by atoms with Crippen LogP contribution in [0.25, 0.3) is 5.69 Å². The topological polar surface area (TPSA) is 84.2 Å². The number of nitrogens with zero attached hydrogens (tertiary/aromatic N) is 2. The molecule has 1 aromatic carbocycles. The number of carbonyl (C=O) groups is 2. The minimum atomic E-state index is -0.999. The lowest BCUT2D eigenvalue weighted by molar-refractivity contribution is -0.139. The third-order valence-corrected chi connectivity index (χ3v) is 4.60. The molecule has 6 nitrogen and oxygen atoms in total. The number of amides is 1. The largest absolute Gasteiger partial charge is 0.480 e. The van der Waals surface area contributed by atoms with E-state index in [0.717, 1.165) is 49.0 Å². The highest BCUT2D eigenvalue weighted by Crippen LogP contribution is 2.27. The molecule has 2 N–H and O–H groups in total. The first-order valence-corrected chi connectivity index (χ1v) is 8.81. The van der Waals surface area contributed by atoms with Crippen LogP contribution in [-0.2, 0) is 17.6 Å². The normalized spacial score (nSPS) is 14.1. The molecule has 1 aliphatic rings. The molecule has 0 saturated heterocycles. The summed E-state index contributed by atoms with van der Waals surface area (Å²) in [5, 5.41) is 16.5. The maximum atomic E-state index is 12.7. The fourth-order valence-electron chi connectivity index (χ4n) is 3.29. The van der Waals surface area contributed by atoms with E-state index in [4.69, 9.17) is 0 Å². The van der Waals surface area contributed by atoms with Crippen LogP contribution in [0.3, 0.4) is 0 Å². The molecule has 1 aromatic heterocycles. The summed E-state index contributed by atoms with van der Waals surface area (Å²) in [4.78, 5) is 24.1. The molecule has 25 heavy (non-hydrogen) atoms. The van der Waals surface area contributed by atoms with Crippen LogP contribution in [0.5, 0.6) is 0 Å². The van der Waals surface area contributed by atoms with Crippen molar-refractivity contribution >= 4 is 11.9 Å². The van der Waals surface area contributed by atoms with E-state index in [0.29, 0.717) is 12.1 Å². The quantitative estimate of drug-likeness (QED) is 0.811. The third-order valence-electron chi connectivity index (χ3n) is 4.60. The average molecular weight is 341 g/mol. The van der Waals surface area contributed by atoms with Gasteiger partial charge in [0.25, 0.3) is 5.91 Å². The summed E-state index contributed by atoms with van der Waals surface area (Å²) in [5.41, 5.74) is 3.28. The zero-order chi connectivity index (χ0) is 17.8. The van der Waals surface area contributed by atoms with Crippen molar-refractivity contribution in [2.24, 2.45) is 0 Å². The van der Waals surface area contributed by atoms with Gasteiger partial charge in [0.2, 0.25) is 0 Å². The third kappa shape index (κ3) is 3.57. The molecule has 0 spiro atoms. The summed E-state index contributed by atoms with van der Waals surface area (Å²) in [5.74, 6) is -1.39. The molecule has 2 aromatic rings. The molecule has 1 amide bonds. The predicted octanol–water partition coefficient (Wildman–Crippen LogP) is 2.73. The Bertz CT molecular complexity index is 768. The number of benzene rings is 1. The highest BCUT2D eigenvalue weighted by molar-refractivity contribution is 5.96. The van der Waals surface area contributed by atoms with Crippen molar-refractivity contribution in [1.82, 2.24) is 15.1 Å². The number of nitrogens with one attached hydrogen (secondary N) is 1. The van der Waals surface area contributed by atoms with Gasteiger partial charge in [0.1, 0.15) is 6.04 Å². The summed E-state index contributed by atoms with van der Waals surface area (Å²) in [6.45, 7) is 2.00. The molecule has 3 rings (SSSR count). The number of unbranched alkanes of at least 4 members (excludes halogenated alkanes) is 1. The SMILES string of the molecule is CCCCC(NC(=O)c1nn(-c2ccccc2)c2c1CCC2)C(=O)O. The number of aliphatic carboxylic acids is 1. The zero-order valence-electron chi connectivity index (χ0n) is 14.4. The zero-order valence-corrected chi connectivity index (χ0v) is 14.4. The molecule has 0 aliphatic heterocycles. The van der Waals surface area contributed by atoms with Gasteiger partial charge in [-0.3, -0.25) is 4.79 Å². The summed E-state index contributed by atoms with van der Waals surface area (Å²) in [7, 11) is 0. The standard InChI is InChI=1S/C19H23N3O3/c1-2-3-11-15(19(24)25)20-18(23)17-14-10-7-12-16(14)22(21-17)13-8-5-4-6-9-13/h4-6,8-9,15H,2-3,7,10-12H2,1H3,(H,20,23)(H,24,25). The van der Waals surface area contributed by atoms with Crippen molar-refractivity contribution in [1.29, 1.82) is 0 Å². The van der Waals surface area contributed by atoms with Gasteiger partial charge in [0, 0.05) is 11.3 Å². The lowest BCUT2D eigenvalue weighted by Crippen LogP contribution is -2.41. The fraction of sp³-hybridized carbons (Fsp3) is 0.421. The van der Waals surface area contributed by atoms with Crippen molar-refractivity contribution in [2.75, 3.05) is 0 Å². The molecular formula is C19H23N3O3. The maximum Gasteiger partial charge on any atom is 0.326 e. The minimum absolute atomic E-state index is 0.360. The van der Waals surface area contributed by atoms with Gasteiger partial charge in [-0.25, -0.2) is 9.48 Å². The number of para-hydroxylation sites is 1. The van der Waals surface area contributed by atoms with E-state index >= 15 is 0 Å². The molecule has 1 aliphatic carbocycles. The lowest BCUT2D eigenvalue weighted by Gasteiger charge is -2.13. The second-order valence-electron chi connectivity index (χ2n) is 6.38. The molecular weight excluding hydrogens is 318 g/mol. The predicted molar refractivity (Wildman–Crippen MR) is 94.0 cm³/mol. The first-order chi connectivity index (χ1) is 12.1. The molecule has 0 saturated carbocycles. The van der Waals surface area contributed by atoms with Crippen LogP contribution in [0.15, 0.2) is 30.3 Å². The molecule has 1 atom stereocenters. The van der Waals surface area contributed by atoms with Crippen LogP contribution < -0.4 is 5.32 Å². The molecule has 132 valence electrons. The summed E-state index contributed by atoms with van der Waals surface area (Å²) < 4.78 is 1.82. The number of hydrogen-bond acceptors (Lipinski definition) is 3. The van der Waals surface area contributed by atoms with Crippen LogP contribution in [0, 0.1) is 0 Å². The van der Waals surface area contributed by atoms with Gasteiger partial charge in [0.15, 0.2) is 5.69 Å². The summed E-state index contributed by atoms with van der Waals surface area (Å²) in [6.07, 6.45) is 4.74. The first kappa shape index (κ1) is 17.2. The van der Waals surface area contributed by atoms with Crippen LogP contribution in [0.2, 0.25) is 0 Å². The van der Waals surface area contributed by atoms with Crippen LogP contribution in [0.1, 0.15) is 54.4 Å². The van der Waals surface area contributed by atoms with E-state index in [9.17, 15) is 14.7 Å². The number of carbonyl (C=O) groups excluding carboxylic acids is 1. The molecule has 1 unspecified atom stereocenters. The Balaban J connectivity index is 1.87. The highest BCUT2D eigenvalue weighted by atomic mass is 16.4. The fourth-order valence-corrected chi connectivity index (χ4v) is 3.29. The van der Waals surface area contributed by atoms with E-state index in [1.165, 1.54) is 0 Å². The number of carboxylic acids is 1. The number of aromatic nitrogens is 2. The lowest BCUT2D eigenvalue weighted by atomic mass is 10.1. The van der Waals surface area contributed by atoms with Crippen molar-refractivity contribution in [3.63, 3.8) is 0 Å². The Morgan fingerprint density at radius 1 is 1.28 bits per heavy atom. The summed E-state index contributed by atoms with van der Waals surface area (Å²) >= 11 is 0. The van der Waals surface area contributed by atoms with Crippen LogP contribution in [-0.4, -0.2) is 32.8 Å². The van der Waals surface area contributed by atoms with Gasteiger partial charge in [-0.2, -0.15) is 5.10 Å². The first-order valence-electron chi connectivity index (χ1n) is 8.81. The monoisotopic (exact) mass is 341 g/mol. The molecule has 0 radical (unpaired) electrons. The molecule has 6 heteroatoms. The van der Waals surface area contributed by atoms with Gasteiger partial charge in [-0.1, -0.05) is 38.0 Å². The van der Waals surface area contributed by atoms with E-state index < -0.39 is 17.9 Å².